The van der Waals surface area contributed by atoms with E-state index in [1.165, 1.54) is 11.3 Å². The molecule has 1 aromatic carbocycles. The van der Waals surface area contributed by atoms with Crippen molar-refractivity contribution < 1.29 is 18.0 Å². The van der Waals surface area contributed by atoms with Gasteiger partial charge in [0, 0.05) is 14.9 Å². The van der Waals surface area contributed by atoms with Crippen molar-refractivity contribution in [3.8, 4) is 17.3 Å². The van der Waals surface area contributed by atoms with Gasteiger partial charge in [0.1, 0.15) is 16.6 Å². The molecule has 1 atom stereocenters. The van der Waals surface area contributed by atoms with E-state index >= 15 is 0 Å². The lowest BCUT2D eigenvalue weighted by atomic mass is 9.72. The van der Waals surface area contributed by atoms with Gasteiger partial charge in [-0.3, -0.25) is 4.79 Å². The minimum absolute atomic E-state index is 0.0596. The SMILES string of the molecule is CC(C)(C)[C@@H]1CCc2c(sc(NC(=O)c3cnn4c(C(F)(F)F)cc(-c5ccc(Br)cc5)nc34)c2C#N)C1. The summed E-state index contributed by atoms with van der Waals surface area (Å²) < 4.78 is 43.2. The average molecular weight is 602 g/mol. The Labute approximate surface area is 229 Å². The van der Waals surface area contributed by atoms with Crippen LogP contribution in [0.3, 0.4) is 0 Å². The van der Waals surface area contributed by atoms with Gasteiger partial charge in [0.15, 0.2) is 11.3 Å². The van der Waals surface area contributed by atoms with Crippen LogP contribution < -0.4 is 5.32 Å². The third-order valence-electron chi connectivity index (χ3n) is 6.98. The molecule has 0 radical (unpaired) electrons. The van der Waals surface area contributed by atoms with Crippen molar-refractivity contribution in [3.63, 3.8) is 0 Å². The number of amides is 1. The monoisotopic (exact) mass is 601 g/mol. The number of benzene rings is 1. The normalized spacial score (nSPS) is 15.8. The van der Waals surface area contributed by atoms with Gasteiger partial charge in [0.2, 0.25) is 0 Å². The molecule has 0 bridgehead atoms. The largest absolute Gasteiger partial charge is 0.433 e. The van der Waals surface area contributed by atoms with Crippen LogP contribution in [0.2, 0.25) is 0 Å². The summed E-state index contributed by atoms with van der Waals surface area (Å²) in [7, 11) is 0. The van der Waals surface area contributed by atoms with E-state index in [4.69, 9.17) is 0 Å². The molecule has 0 fully saturated rings. The number of carbonyl (C=O) groups is 1. The van der Waals surface area contributed by atoms with E-state index < -0.39 is 17.8 Å². The molecule has 38 heavy (non-hydrogen) atoms. The number of halogens is 4. The molecule has 5 rings (SSSR count). The highest BCUT2D eigenvalue weighted by Crippen LogP contribution is 2.44. The first kappa shape index (κ1) is 26.4. The quantitative estimate of drug-likeness (QED) is 0.263. The van der Waals surface area contributed by atoms with Crippen LogP contribution in [0.4, 0.5) is 18.2 Å². The molecule has 4 aromatic rings. The fraction of sp³-hybridized carbons (Fsp3) is 0.333. The summed E-state index contributed by atoms with van der Waals surface area (Å²) in [5.41, 5.74) is 0.620. The van der Waals surface area contributed by atoms with Gasteiger partial charge in [-0.2, -0.15) is 23.5 Å². The van der Waals surface area contributed by atoms with Gasteiger partial charge in [0.25, 0.3) is 5.91 Å². The van der Waals surface area contributed by atoms with Crippen LogP contribution in [0.5, 0.6) is 0 Å². The molecule has 1 N–H and O–H groups in total. The molecule has 11 heteroatoms. The molecule has 0 aliphatic heterocycles. The van der Waals surface area contributed by atoms with Gasteiger partial charge < -0.3 is 5.32 Å². The third-order valence-corrected chi connectivity index (χ3v) is 8.67. The van der Waals surface area contributed by atoms with Gasteiger partial charge in [-0.05, 0) is 54.4 Å². The van der Waals surface area contributed by atoms with Gasteiger partial charge in [0.05, 0.1) is 17.5 Å². The topological polar surface area (TPSA) is 83.1 Å². The van der Waals surface area contributed by atoms with E-state index in [9.17, 15) is 23.2 Å². The number of hydrogen-bond donors (Lipinski definition) is 1. The van der Waals surface area contributed by atoms with E-state index in [0.717, 1.165) is 46.4 Å². The second-order valence-corrected chi connectivity index (χ2v) is 12.4. The Morgan fingerprint density at radius 2 is 1.95 bits per heavy atom. The predicted octanol–water partition coefficient (Wildman–Crippen LogP) is 7.51. The molecule has 0 saturated carbocycles. The fourth-order valence-corrected chi connectivity index (χ4v) is 6.33. The summed E-state index contributed by atoms with van der Waals surface area (Å²) in [6, 6.07) is 9.81. The predicted molar refractivity (Wildman–Crippen MR) is 143 cm³/mol. The van der Waals surface area contributed by atoms with Crippen molar-refractivity contribution in [2.45, 2.75) is 46.2 Å². The Balaban J connectivity index is 1.54. The van der Waals surface area contributed by atoms with Crippen molar-refractivity contribution >= 4 is 43.8 Å². The zero-order valence-electron chi connectivity index (χ0n) is 20.8. The molecule has 1 amide bonds. The lowest BCUT2D eigenvalue weighted by molar-refractivity contribution is -0.142. The van der Waals surface area contributed by atoms with Crippen molar-refractivity contribution in [2.75, 3.05) is 5.32 Å². The number of rotatable bonds is 3. The van der Waals surface area contributed by atoms with E-state index in [1.807, 2.05) is 0 Å². The maximum absolute atomic E-state index is 13.9. The zero-order chi connectivity index (χ0) is 27.4. The molecule has 0 saturated heterocycles. The molecular weight excluding hydrogens is 579 g/mol. The summed E-state index contributed by atoms with van der Waals surface area (Å²) in [5, 5.41) is 16.9. The number of carbonyl (C=O) groups excluding carboxylic acids is 1. The van der Waals surface area contributed by atoms with E-state index in [-0.39, 0.29) is 22.3 Å². The van der Waals surface area contributed by atoms with Crippen LogP contribution in [-0.2, 0) is 19.0 Å². The standard InChI is InChI=1S/C27H23BrF3N5OS/c1-26(2,3)15-6-9-17-18(12-32)25(38-21(17)10-15)35-24(37)19-13-33-36-22(27(29,30)31)11-20(34-23(19)36)14-4-7-16(28)8-5-14/h4-5,7-8,11,13,15H,6,9-10H2,1-3H3,(H,35,37)/t15-/m1/s1. The molecule has 3 aromatic heterocycles. The number of nitrogens with one attached hydrogen (secondary N) is 1. The van der Waals surface area contributed by atoms with E-state index in [0.29, 0.717) is 26.6 Å². The molecule has 1 aliphatic rings. The highest BCUT2D eigenvalue weighted by molar-refractivity contribution is 9.10. The molecule has 0 spiro atoms. The third kappa shape index (κ3) is 4.83. The summed E-state index contributed by atoms with van der Waals surface area (Å²) in [6.07, 6.45) is -1.14. The maximum Gasteiger partial charge on any atom is 0.433 e. The van der Waals surface area contributed by atoms with Gasteiger partial charge in [-0.15, -0.1) is 11.3 Å². The summed E-state index contributed by atoms with van der Waals surface area (Å²) >= 11 is 4.68. The number of hydrogen-bond acceptors (Lipinski definition) is 5. The number of anilines is 1. The zero-order valence-corrected chi connectivity index (χ0v) is 23.2. The van der Waals surface area contributed by atoms with Crippen LogP contribution in [0.25, 0.3) is 16.9 Å². The van der Waals surface area contributed by atoms with Crippen LogP contribution in [0.15, 0.2) is 41.0 Å². The first-order chi connectivity index (χ1) is 17.9. The first-order valence-electron chi connectivity index (χ1n) is 11.9. The minimum Gasteiger partial charge on any atom is -0.312 e. The molecule has 6 nitrogen and oxygen atoms in total. The average Bonchev–Trinajstić information content (AvgIpc) is 3.43. The number of alkyl halides is 3. The Bertz CT molecular complexity index is 1590. The Hall–Kier alpha value is -3.23. The molecule has 0 unspecified atom stereocenters. The summed E-state index contributed by atoms with van der Waals surface area (Å²) in [5.74, 6) is -0.221. The van der Waals surface area contributed by atoms with Gasteiger partial charge >= 0.3 is 6.18 Å². The Kier molecular flexibility index (Phi) is 6.60. The van der Waals surface area contributed by atoms with E-state index in [2.05, 4.69) is 58.2 Å². The minimum atomic E-state index is -4.73. The number of thiophene rings is 1. The molecule has 196 valence electrons. The smallest absolute Gasteiger partial charge is 0.312 e. The number of fused-ring (bicyclic) bond motifs is 2. The summed E-state index contributed by atoms with van der Waals surface area (Å²) in [6.45, 7) is 6.58. The second-order valence-electron chi connectivity index (χ2n) is 10.4. The van der Waals surface area contributed by atoms with Crippen molar-refractivity contribution in [1.82, 2.24) is 14.6 Å². The van der Waals surface area contributed by atoms with E-state index in [1.54, 1.807) is 24.3 Å². The number of aromatic nitrogens is 3. The maximum atomic E-state index is 13.9. The van der Waals surface area contributed by atoms with Gasteiger partial charge in [-0.25, -0.2) is 9.50 Å². The van der Waals surface area contributed by atoms with Gasteiger partial charge in [-0.1, -0.05) is 48.8 Å². The Morgan fingerprint density at radius 3 is 2.58 bits per heavy atom. The van der Waals surface area contributed by atoms with Crippen molar-refractivity contribution in [3.05, 3.63) is 68.3 Å². The number of nitrogens with zero attached hydrogens (tertiary/aromatic N) is 4. The highest BCUT2D eigenvalue weighted by atomic mass is 79.9. The first-order valence-corrected chi connectivity index (χ1v) is 13.6. The Morgan fingerprint density at radius 1 is 1.24 bits per heavy atom. The van der Waals surface area contributed by atoms with Crippen LogP contribution in [-0.4, -0.2) is 20.5 Å². The molecule has 1 aliphatic carbocycles. The molecular formula is C27H23BrF3N5OS. The lowest BCUT2D eigenvalue weighted by Gasteiger charge is -2.33. The van der Waals surface area contributed by atoms with Crippen LogP contribution in [0, 0.1) is 22.7 Å². The van der Waals surface area contributed by atoms with Crippen molar-refractivity contribution in [1.29, 1.82) is 5.26 Å². The molecule has 3 heterocycles. The van der Waals surface area contributed by atoms with Crippen molar-refractivity contribution in [2.24, 2.45) is 11.3 Å². The van der Waals surface area contributed by atoms with Crippen LogP contribution >= 0.6 is 27.3 Å². The highest BCUT2D eigenvalue weighted by Gasteiger charge is 2.36. The fourth-order valence-electron chi connectivity index (χ4n) is 4.80. The lowest BCUT2D eigenvalue weighted by Crippen LogP contribution is -2.26. The van der Waals surface area contributed by atoms with Crippen LogP contribution in [0.1, 0.15) is 59.2 Å². The number of nitriles is 1. The second kappa shape index (κ2) is 9.50. The summed E-state index contributed by atoms with van der Waals surface area (Å²) in [4.78, 5) is 18.8.